The van der Waals surface area contributed by atoms with Gasteiger partial charge in [0.15, 0.2) is 0 Å². The Bertz CT molecular complexity index is 594. The predicted octanol–water partition coefficient (Wildman–Crippen LogP) is 0.756. The Balaban J connectivity index is 2.03. The van der Waals surface area contributed by atoms with Gasteiger partial charge in [-0.25, -0.2) is 0 Å². The van der Waals surface area contributed by atoms with E-state index in [1.807, 2.05) is 27.7 Å². The minimum Gasteiger partial charge on any atom is -0.341 e. The fourth-order valence-corrected chi connectivity index (χ4v) is 3.27. The summed E-state index contributed by atoms with van der Waals surface area (Å²) >= 11 is 0. The molecule has 1 aliphatic rings. The minimum absolute atomic E-state index is 0.00749. The summed E-state index contributed by atoms with van der Waals surface area (Å²) in [5.74, 6) is -0.0124. The number of hydrogen-bond donors (Lipinski definition) is 2. The smallest absolute Gasteiger partial charge is 0.245 e. The zero-order valence-corrected chi connectivity index (χ0v) is 15.1. The first-order valence-electron chi connectivity index (χ1n) is 8.73. The lowest BCUT2D eigenvalue weighted by Crippen LogP contribution is -2.47. The number of likely N-dealkylation sites (N-methyl/N-ethyl adjacent to an activating group) is 1. The first-order valence-corrected chi connectivity index (χ1v) is 8.73. The molecule has 0 unspecified atom stereocenters. The van der Waals surface area contributed by atoms with Gasteiger partial charge in [-0.2, -0.15) is 5.10 Å². The number of nitrogens with one attached hydrogen (secondary N) is 1. The van der Waals surface area contributed by atoms with E-state index in [0.717, 1.165) is 17.0 Å². The molecule has 24 heavy (non-hydrogen) atoms. The number of likely N-dealkylation sites (tertiary alicyclic amines) is 1. The number of amides is 2. The number of H-pyrrole nitrogens is 1. The highest BCUT2D eigenvalue weighted by molar-refractivity contribution is 5.88. The molecule has 2 rings (SSSR count). The van der Waals surface area contributed by atoms with Gasteiger partial charge in [0, 0.05) is 44.2 Å². The van der Waals surface area contributed by atoms with Crippen molar-refractivity contribution in [3.05, 3.63) is 17.0 Å². The van der Waals surface area contributed by atoms with E-state index in [2.05, 4.69) is 10.2 Å². The lowest BCUT2D eigenvalue weighted by molar-refractivity contribution is -0.143. The molecule has 2 amide bonds. The third-order valence-electron chi connectivity index (χ3n) is 4.94. The normalized spacial score (nSPS) is 20.5. The van der Waals surface area contributed by atoms with Crippen molar-refractivity contribution >= 4 is 11.8 Å². The van der Waals surface area contributed by atoms with Gasteiger partial charge in [0.05, 0.1) is 5.69 Å². The lowest BCUT2D eigenvalue weighted by Gasteiger charge is -2.28. The second-order valence-corrected chi connectivity index (χ2v) is 6.49. The van der Waals surface area contributed by atoms with E-state index < -0.39 is 6.04 Å². The standard InChI is InChI=1S/C17H29N5O2/c1-5-21(6-2)17(24)15-9-13(18)10-22(15)16(23)8-7-14-11(3)12(4)19-20-14/h13,15H,5-10,18H2,1-4H3,(H,19,20)/t13-,15+/m1/s1. The molecule has 1 aromatic heterocycles. The number of nitrogens with zero attached hydrogens (tertiary/aromatic N) is 3. The molecule has 134 valence electrons. The molecule has 2 atom stereocenters. The fraction of sp³-hybridized carbons (Fsp3) is 0.706. The Hall–Kier alpha value is -1.89. The summed E-state index contributed by atoms with van der Waals surface area (Å²) in [4.78, 5) is 28.8. The Morgan fingerprint density at radius 3 is 2.54 bits per heavy atom. The van der Waals surface area contributed by atoms with Crippen LogP contribution in [-0.2, 0) is 16.0 Å². The Morgan fingerprint density at radius 2 is 2.00 bits per heavy atom. The van der Waals surface area contributed by atoms with Gasteiger partial charge in [-0.1, -0.05) is 0 Å². The van der Waals surface area contributed by atoms with E-state index in [9.17, 15) is 9.59 Å². The average molecular weight is 335 g/mol. The molecule has 1 aliphatic heterocycles. The summed E-state index contributed by atoms with van der Waals surface area (Å²) in [7, 11) is 0. The van der Waals surface area contributed by atoms with Crippen molar-refractivity contribution in [2.24, 2.45) is 5.73 Å². The Labute approximate surface area is 143 Å². The maximum absolute atomic E-state index is 12.7. The molecule has 2 heterocycles. The van der Waals surface area contributed by atoms with E-state index in [1.165, 1.54) is 0 Å². The molecule has 1 fully saturated rings. The van der Waals surface area contributed by atoms with Crippen molar-refractivity contribution in [1.29, 1.82) is 0 Å². The second kappa shape index (κ2) is 7.79. The third kappa shape index (κ3) is 3.77. The number of aryl methyl sites for hydroxylation is 2. The highest BCUT2D eigenvalue weighted by Crippen LogP contribution is 2.21. The Morgan fingerprint density at radius 1 is 1.33 bits per heavy atom. The van der Waals surface area contributed by atoms with Crippen LogP contribution in [0.2, 0.25) is 0 Å². The molecule has 0 bridgehead atoms. The number of aromatic amines is 1. The molecule has 7 heteroatoms. The van der Waals surface area contributed by atoms with Crippen molar-refractivity contribution in [3.8, 4) is 0 Å². The molecule has 3 N–H and O–H groups in total. The zero-order valence-electron chi connectivity index (χ0n) is 15.1. The molecular weight excluding hydrogens is 306 g/mol. The zero-order chi connectivity index (χ0) is 17.9. The van der Waals surface area contributed by atoms with Crippen LogP contribution in [0.25, 0.3) is 0 Å². The summed E-state index contributed by atoms with van der Waals surface area (Å²) in [6, 6.07) is -0.553. The van der Waals surface area contributed by atoms with Crippen LogP contribution < -0.4 is 5.73 Å². The SMILES string of the molecule is CCN(CC)C(=O)[C@@H]1C[C@@H](N)CN1C(=O)CCc1n[nH]c(C)c1C. The van der Waals surface area contributed by atoms with Crippen molar-refractivity contribution in [2.45, 2.75) is 59.0 Å². The maximum Gasteiger partial charge on any atom is 0.245 e. The largest absolute Gasteiger partial charge is 0.341 e. The predicted molar refractivity (Wildman–Crippen MR) is 92.4 cm³/mol. The highest BCUT2D eigenvalue weighted by atomic mass is 16.2. The van der Waals surface area contributed by atoms with Gasteiger partial charge < -0.3 is 15.5 Å². The summed E-state index contributed by atoms with van der Waals surface area (Å²) in [6.07, 6.45) is 1.47. The second-order valence-electron chi connectivity index (χ2n) is 6.49. The molecule has 7 nitrogen and oxygen atoms in total. The van der Waals surface area contributed by atoms with Crippen LogP contribution >= 0.6 is 0 Å². The highest BCUT2D eigenvalue weighted by Gasteiger charge is 2.39. The van der Waals surface area contributed by atoms with E-state index in [4.69, 9.17) is 5.73 Å². The number of aromatic nitrogens is 2. The lowest BCUT2D eigenvalue weighted by atomic mass is 10.1. The Kier molecular flexibility index (Phi) is 5.99. The van der Waals surface area contributed by atoms with Gasteiger partial charge in [-0.15, -0.1) is 0 Å². The van der Waals surface area contributed by atoms with E-state index in [-0.39, 0.29) is 17.9 Å². The van der Waals surface area contributed by atoms with E-state index >= 15 is 0 Å². The van der Waals surface area contributed by atoms with Crippen LogP contribution in [0.3, 0.4) is 0 Å². The first kappa shape index (κ1) is 18.4. The molecule has 0 aliphatic carbocycles. The van der Waals surface area contributed by atoms with Crippen LogP contribution in [0.1, 0.15) is 43.6 Å². The van der Waals surface area contributed by atoms with E-state index in [1.54, 1.807) is 9.80 Å². The summed E-state index contributed by atoms with van der Waals surface area (Å²) in [5.41, 5.74) is 9.06. The molecule has 1 aromatic rings. The van der Waals surface area contributed by atoms with Gasteiger partial charge in [0.25, 0.3) is 0 Å². The monoisotopic (exact) mass is 335 g/mol. The van der Waals surface area contributed by atoms with Gasteiger partial charge in [-0.3, -0.25) is 14.7 Å². The van der Waals surface area contributed by atoms with Gasteiger partial charge in [-0.05, 0) is 39.7 Å². The van der Waals surface area contributed by atoms with Crippen molar-refractivity contribution in [1.82, 2.24) is 20.0 Å². The molecule has 0 saturated carbocycles. The quantitative estimate of drug-likeness (QED) is 0.802. The molecule has 0 radical (unpaired) electrons. The fourth-order valence-electron chi connectivity index (χ4n) is 3.27. The first-order chi connectivity index (χ1) is 11.4. The molecule has 1 saturated heterocycles. The maximum atomic E-state index is 12.7. The van der Waals surface area contributed by atoms with Crippen molar-refractivity contribution in [3.63, 3.8) is 0 Å². The number of rotatable bonds is 6. The summed E-state index contributed by atoms with van der Waals surface area (Å²) in [5, 5.41) is 7.18. The van der Waals surface area contributed by atoms with Crippen molar-refractivity contribution < 1.29 is 9.59 Å². The summed E-state index contributed by atoms with van der Waals surface area (Å²) in [6.45, 7) is 9.61. The van der Waals surface area contributed by atoms with Crippen LogP contribution in [0.4, 0.5) is 0 Å². The number of carbonyl (C=O) groups is 2. The van der Waals surface area contributed by atoms with Crippen LogP contribution in [-0.4, -0.2) is 63.5 Å². The summed E-state index contributed by atoms with van der Waals surface area (Å²) < 4.78 is 0. The molecule has 0 spiro atoms. The van der Waals surface area contributed by atoms with Crippen LogP contribution in [0, 0.1) is 13.8 Å². The average Bonchev–Trinajstić information content (AvgIpc) is 3.10. The van der Waals surface area contributed by atoms with Gasteiger partial charge in [0.2, 0.25) is 11.8 Å². The number of carbonyl (C=O) groups excluding carboxylic acids is 2. The number of hydrogen-bond acceptors (Lipinski definition) is 4. The van der Waals surface area contributed by atoms with E-state index in [0.29, 0.717) is 38.9 Å². The third-order valence-corrected chi connectivity index (χ3v) is 4.94. The molecular formula is C17H29N5O2. The van der Waals surface area contributed by atoms with Crippen LogP contribution in [0.5, 0.6) is 0 Å². The number of nitrogens with two attached hydrogens (primary N) is 1. The molecule has 0 aromatic carbocycles. The van der Waals surface area contributed by atoms with Gasteiger partial charge >= 0.3 is 0 Å². The van der Waals surface area contributed by atoms with Crippen LogP contribution in [0.15, 0.2) is 0 Å². The van der Waals surface area contributed by atoms with Gasteiger partial charge in [0.1, 0.15) is 6.04 Å². The van der Waals surface area contributed by atoms with Crippen molar-refractivity contribution in [2.75, 3.05) is 19.6 Å². The minimum atomic E-state index is -0.422. The topological polar surface area (TPSA) is 95.3 Å².